The van der Waals surface area contributed by atoms with E-state index in [4.69, 9.17) is 0 Å². The van der Waals surface area contributed by atoms with Crippen LogP contribution in [0.3, 0.4) is 0 Å². The van der Waals surface area contributed by atoms with Gasteiger partial charge in [-0.3, -0.25) is 4.90 Å². The van der Waals surface area contributed by atoms with Crippen molar-refractivity contribution in [1.29, 1.82) is 0 Å². The summed E-state index contributed by atoms with van der Waals surface area (Å²) in [6.07, 6.45) is 12.7. The van der Waals surface area contributed by atoms with Gasteiger partial charge in [0.05, 0.1) is 6.54 Å². The van der Waals surface area contributed by atoms with Crippen LogP contribution in [0.1, 0.15) is 31.5 Å². The molecule has 0 aromatic carbocycles. The van der Waals surface area contributed by atoms with Crippen LogP contribution in [0.15, 0.2) is 30.9 Å². The summed E-state index contributed by atoms with van der Waals surface area (Å²) in [6, 6.07) is 1.89. The second-order valence-corrected chi connectivity index (χ2v) is 7.30. The van der Waals surface area contributed by atoms with E-state index in [0.29, 0.717) is 5.41 Å². The van der Waals surface area contributed by atoms with E-state index in [2.05, 4.69) is 36.4 Å². The van der Waals surface area contributed by atoms with Crippen LogP contribution in [0.5, 0.6) is 0 Å². The minimum Gasteiger partial charge on any atom is -0.340 e. The van der Waals surface area contributed by atoms with E-state index in [-0.39, 0.29) is 0 Å². The molecular formula is C18H26N6. The Morgan fingerprint density at radius 2 is 1.79 bits per heavy atom. The van der Waals surface area contributed by atoms with Gasteiger partial charge in [0.1, 0.15) is 5.82 Å². The number of likely N-dealkylation sites (tertiary alicyclic amines) is 1. The molecule has 2 aromatic rings. The average molecular weight is 326 g/mol. The van der Waals surface area contributed by atoms with Crippen molar-refractivity contribution in [3.05, 3.63) is 36.7 Å². The number of anilines is 1. The first-order valence-corrected chi connectivity index (χ1v) is 8.95. The lowest BCUT2D eigenvalue weighted by molar-refractivity contribution is 0.0813. The van der Waals surface area contributed by atoms with Crippen LogP contribution in [0, 0.1) is 5.41 Å². The zero-order valence-corrected chi connectivity index (χ0v) is 14.4. The molecule has 2 aliphatic rings. The topological polar surface area (TPSA) is 50.1 Å². The maximum atomic E-state index is 4.46. The minimum atomic E-state index is 0.440. The highest BCUT2D eigenvalue weighted by Gasteiger charge is 2.39. The molecule has 4 heterocycles. The highest BCUT2D eigenvalue weighted by atomic mass is 15.3. The van der Waals surface area contributed by atoms with Crippen LogP contribution >= 0.6 is 0 Å². The monoisotopic (exact) mass is 326 g/mol. The predicted molar refractivity (Wildman–Crippen MR) is 93.6 cm³/mol. The van der Waals surface area contributed by atoms with Gasteiger partial charge in [-0.1, -0.05) is 0 Å². The molecule has 0 unspecified atom stereocenters. The molecule has 0 amide bonds. The Balaban J connectivity index is 1.38. The molecule has 0 N–H and O–H groups in total. The molecule has 128 valence electrons. The highest BCUT2D eigenvalue weighted by molar-refractivity contribution is 5.30. The Morgan fingerprint density at radius 3 is 2.50 bits per heavy atom. The second kappa shape index (κ2) is 6.51. The van der Waals surface area contributed by atoms with Crippen LogP contribution in [-0.2, 0) is 13.6 Å². The van der Waals surface area contributed by atoms with E-state index in [1.54, 1.807) is 0 Å². The summed E-state index contributed by atoms with van der Waals surface area (Å²) >= 11 is 0. The van der Waals surface area contributed by atoms with Gasteiger partial charge < -0.3 is 9.47 Å². The maximum Gasteiger partial charge on any atom is 0.225 e. The van der Waals surface area contributed by atoms with Crippen molar-refractivity contribution >= 4 is 5.95 Å². The van der Waals surface area contributed by atoms with Crippen molar-refractivity contribution in [2.75, 3.05) is 31.1 Å². The lowest BCUT2D eigenvalue weighted by Gasteiger charge is -2.47. The van der Waals surface area contributed by atoms with E-state index < -0.39 is 0 Å². The van der Waals surface area contributed by atoms with E-state index in [1.165, 1.54) is 25.7 Å². The SMILES string of the molecule is Cn1ccnc1CN1CCC2(CCCN(c3ncccn3)C2)CC1. The summed E-state index contributed by atoms with van der Waals surface area (Å²) in [5, 5.41) is 0. The summed E-state index contributed by atoms with van der Waals surface area (Å²) in [6.45, 7) is 5.48. The average Bonchev–Trinajstić information content (AvgIpc) is 3.03. The van der Waals surface area contributed by atoms with Gasteiger partial charge in [-0.15, -0.1) is 0 Å². The van der Waals surface area contributed by atoms with Gasteiger partial charge in [0.15, 0.2) is 0 Å². The molecule has 4 rings (SSSR count). The van der Waals surface area contributed by atoms with Crippen LogP contribution in [-0.4, -0.2) is 50.6 Å². The Labute approximate surface area is 143 Å². The molecule has 0 saturated carbocycles. The van der Waals surface area contributed by atoms with E-state index in [1.807, 2.05) is 30.9 Å². The van der Waals surface area contributed by atoms with Crippen LogP contribution < -0.4 is 4.90 Å². The molecule has 24 heavy (non-hydrogen) atoms. The van der Waals surface area contributed by atoms with Crippen molar-refractivity contribution in [2.24, 2.45) is 12.5 Å². The number of hydrogen-bond donors (Lipinski definition) is 0. The van der Waals surface area contributed by atoms with Gasteiger partial charge in [0.25, 0.3) is 0 Å². The number of imidazole rings is 1. The molecule has 0 radical (unpaired) electrons. The molecule has 0 aliphatic carbocycles. The normalized spacial score (nSPS) is 21.3. The third-order valence-electron chi connectivity index (χ3n) is 5.70. The van der Waals surface area contributed by atoms with Gasteiger partial charge in [-0.25, -0.2) is 15.0 Å². The van der Waals surface area contributed by atoms with Crippen molar-refractivity contribution in [3.8, 4) is 0 Å². The Morgan fingerprint density at radius 1 is 1.00 bits per heavy atom. The smallest absolute Gasteiger partial charge is 0.225 e. The first kappa shape index (κ1) is 15.6. The molecule has 2 fully saturated rings. The molecule has 2 saturated heterocycles. The molecule has 0 bridgehead atoms. The fraction of sp³-hybridized carbons (Fsp3) is 0.611. The Hall–Kier alpha value is -1.95. The molecule has 0 atom stereocenters. The van der Waals surface area contributed by atoms with Gasteiger partial charge in [0.2, 0.25) is 5.95 Å². The summed E-state index contributed by atoms with van der Waals surface area (Å²) < 4.78 is 2.12. The third-order valence-corrected chi connectivity index (χ3v) is 5.70. The van der Waals surface area contributed by atoms with Gasteiger partial charge in [0, 0.05) is 44.9 Å². The number of nitrogens with zero attached hydrogens (tertiary/aromatic N) is 6. The van der Waals surface area contributed by atoms with E-state index in [9.17, 15) is 0 Å². The van der Waals surface area contributed by atoms with Crippen LogP contribution in [0.2, 0.25) is 0 Å². The quantitative estimate of drug-likeness (QED) is 0.864. The molecular weight excluding hydrogens is 300 g/mol. The van der Waals surface area contributed by atoms with Crippen LogP contribution in [0.4, 0.5) is 5.95 Å². The number of aryl methyl sites for hydroxylation is 1. The lowest BCUT2D eigenvalue weighted by Crippen LogP contribution is -2.50. The number of rotatable bonds is 3. The fourth-order valence-electron chi connectivity index (χ4n) is 4.18. The Kier molecular flexibility index (Phi) is 4.22. The summed E-state index contributed by atoms with van der Waals surface area (Å²) in [7, 11) is 2.08. The first-order valence-electron chi connectivity index (χ1n) is 8.95. The van der Waals surface area contributed by atoms with Gasteiger partial charge in [-0.2, -0.15) is 0 Å². The lowest BCUT2D eigenvalue weighted by atomic mass is 9.72. The highest BCUT2D eigenvalue weighted by Crippen LogP contribution is 2.40. The third kappa shape index (κ3) is 3.15. The molecule has 2 aromatic heterocycles. The fourth-order valence-corrected chi connectivity index (χ4v) is 4.18. The maximum absolute atomic E-state index is 4.46. The standard InChI is InChI=1S/C18H26N6/c1-22-13-9-19-16(22)14-23-11-5-18(6-12-23)4-2-10-24(15-18)17-20-7-3-8-21-17/h3,7-9,13H,2,4-6,10-12,14-15H2,1H3. The van der Waals surface area contributed by atoms with Crippen molar-refractivity contribution in [3.63, 3.8) is 0 Å². The largest absolute Gasteiger partial charge is 0.340 e. The van der Waals surface area contributed by atoms with Crippen molar-refractivity contribution in [2.45, 2.75) is 32.2 Å². The number of piperidine rings is 2. The second-order valence-electron chi connectivity index (χ2n) is 7.30. The van der Waals surface area contributed by atoms with Crippen molar-refractivity contribution < 1.29 is 0 Å². The summed E-state index contributed by atoms with van der Waals surface area (Å²) in [5.41, 5.74) is 0.440. The molecule has 2 aliphatic heterocycles. The summed E-state index contributed by atoms with van der Waals surface area (Å²) in [4.78, 5) is 18.3. The molecule has 1 spiro atoms. The number of aromatic nitrogens is 4. The molecule has 6 heteroatoms. The van der Waals surface area contributed by atoms with E-state index in [0.717, 1.165) is 44.5 Å². The molecule has 6 nitrogen and oxygen atoms in total. The minimum absolute atomic E-state index is 0.440. The van der Waals surface area contributed by atoms with Gasteiger partial charge in [-0.05, 0) is 50.3 Å². The zero-order valence-electron chi connectivity index (χ0n) is 14.4. The van der Waals surface area contributed by atoms with Crippen LogP contribution in [0.25, 0.3) is 0 Å². The first-order chi connectivity index (χ1) is 11.7. The predicted octanol–water partition coefficient (Wildman–Crippen LogP) is 2.09. The van der Waals surface area contributed by atoms with Crippen molar-refractivity contribution in [1.82, 2.24) is 24.4 Å². The summed E-state index contributed by atoms with van der Waals surface area (Å²) in [5.74, 6) is 2.06. The van der Waals surface area contributed by atoms with E-state index >= 15 is 0 Å². The Bertz CT molecular complexity index is 659. The van der Waals surface area contributed by atoms with Gasteiger partial charge >= 0.3 is 0 Å². The number of hydrogen-bond acceptors (Lipinski definition) is 5. The zero-order chi connectivity index (χ0) is 16.4.